The van der Waals surface area contributed by atoms with E-state index in [1.807, 2.05) is 0 Å². The predicted octanol–water partition coefficient (Wildman–Crippen LogP) is 4.44. The van der Waals surface area contributed by atoms with Gasteiger partial charge in [0.1, 0.15) is 11.5 Å². The Balaban J connectivity index is 2.45. The Labute approximate surface area is 136 Å². The lowest BCUT2D eigenvalue weighted by Gasteiger charge is -2.14. The molecule has 0 bridgehead atoms. The molecule has 4 nitrogen and oxygen atoms in total. The predicted molar refractivity (Wildman–Crippen MR) is 81.1 cm³/mol. The molecule has 0 aromatic heterocycles. The number of carbonyl (C=O) groups is 1. The maximum atomic E-state index is 12.2. The highest BCUT2D eigenvalue weighted by atomic mass is 19.4. The monoisotopic (exact) mass is 340 g/mol. The Morgan fingerprint density at radius 2 is 1.75 bits per heavy atom. The van der Waals surface area contributed by atoms with Gasteiger partial charge in [-0.2, -0.15) is 0 Å². The quantitative estimate of drug-likeness (QED) is 0.755. The van der Waals surface area contributed by atoms with Gasteiger partial charge in [0.25, 0.3) is 0 Å². The van der Waals surface area contributed by atoms with Crippen LogP contribution in [0.25, 0.3) is 11.1 Å². The lowest BCUT2D eigenvalue weighted by Crippen LogP contribution is -2.17. The van der Waals surface area contributed by atoms with Crippen LogP contribution in [-0.2, 0) is 4.74 Å². The Hall–Kier alpha value is -2.70. The van der Waals surface area contributed by atoms with Crippen LogP contribution in [0.1, 0.15) is 17.3 Å². The second kappa shape index (κ2) is 7.25. The van der Waals surface area contributed by atoms with E-state index in [4.69, 9.17) is 9.47 Å². The van der Waals surface area contributed by atoms with Gasteiger partial charge in [-0.1, -0.05) is 18.2 Å². The molecule has 0 atom stereocenters. The molecule has 0 fully saturated rings. The lowest BCUT2D eigenvalue weighted by molar-refractivity contribution is -0.274. The first-order chi connectivity index (χ1) is 11.4. The van der Waals surface area contributed by atoms with Gasteiger partial charge in [-0.15, -0.1) is 13.2 Å². The molecule has 0 heterocycles. The molecule has 128 valence electrons. The van der Waals surface area contributed by atoms with E-state index in [9.17, 15) is 18.0 Å². The van der Waals surface area contributed by atoms with Crippen molar-refractivity contribution in [3.8, 4) is 22.6 Å². The number of hydrogen-bond donors (Lipinski definition) is 0. The van der Waals surface area contributed by atoms with Crippen molar-refractivity contribution in [3.05, 3.63) is 48.0 Å². The number of halogens is 3. The van der Waals surface area contributed by atoms with E-state index >= 15 is 0 Å². The summed E-state index contributed by atoms with van der Waals surface area (Å²) >= 11 is 0. The summed E-state index contributed by atoms with van der Waals surface area (Å²) in [5, 5.41) is 0. The van der Waals surface area contributed by atoms with Crippen molar-refractivity contribution >= 4 is 5.97 Å². The zero-order chi connectivity index (χ0) is 17.7. The highest BCUT2D eigenvalue weighted by Crippen LogP contribution is 2.35. The lowest BCUT2D eigenvalue weighted by atomic mass is 9.98. The number of benzene rings is 2. The summed E-state index contributed by atoms with van der Waals surface area (Å²) in [6, 6.07) is 10.0. The SMILES string of the molecule is CCOC(=O)c1cccc(OC)c1-c1ccc(OC(F)(F)F)cc1. The van der Waals surface area contributed by atoms with Crippen LogP contribution in [0, 0.1) is 0 Å². The first-order valence-electron chi connectivity index (χ1n) is 7.06. The Kier molecular flexibility index (Phi) is 5.33. The number of methoxy groups -OCH3 is 1. The number of rotatable bonds is 5. The fourth-order valence-electron chi connectivity index (χ4n) is 2.20. The minimum atomic E-state index is -4.76. The van der Waals surface area contributed by atoms with Crippen LogP contribution >= 0.6 is 0 Å². The third-order valence-corrected chi connectivity index (χ3v) is 3.12. The highest BCUT2D eigenvalue weighted by molar-refractivity contribution is 5.99. The highest BCUT2D eigenvalue weighted by Gasteiger charge is 2.31. The molecular weight excluding hydrogens is 325 g/mol. The molecule has 0 saturated carbocycles. The van der Waals surface area contributed by atoms with E-state index in [1.165, 1.54) is 31.4 Å². The van der Waals surface area contributed by atoms with Crippen molar-refractivity contribution in [1.29, 1.82) is 0 Å². The summed E-state index contributed by atoms with van der Waals surface area (Å²) in [6.45, 7) is 1.88. The van der Waals surface area contributed by atoms with Crippen LogP contribution in [0.4, 0.5) is 13.2 Å². The second-order valence-corrected chi connectivity index (χ2v) is 4.68. The van der Waals surface area contributed by atoms with Gasteiger partial charge in [-0.05, 0) is 36.8 Å². The molecule has 0 amide bonds. The molecular formula is C17H15F3O4. The first-order valence-corrected chi connectivity index (χ1v) is 7.06. The summed E-state index contributed by atoms with van der Waals surface area (Å²) in [4.78, 5) is 12.1. The van der Waals surface area contributed by atoms with Gasteiger partial charge in [0.05, 0.1) is 19.3 Å². The van der Waals surface area contributed by atoms with E-state index < -0.39 is 12.3 Å². The number of carbonyl (C=O) groups excluding carboxylic acids is 1. The summed E-state index contributed by atoms with van der Waals surface area (Å²) in [7, 11) is 1.44. The molecule has 0 unspecified atom stereocenters. The number of alkyl halides is 3. The first kappa shape index (κ1) is 17.7. The molecule has 0 radical (unpaired) electrons. The van der Waals surface area contributed by atoms with Crippen LogP contribution in [0.2, 0.25) is 0 Å². The normalized spacial score (nSPS) is 11.0. The Bertz CT molecular complexity index is 709. The summed E-state index contributed by atoms with van der Waals surface area (Å²) in [5.74, 6) is -0.481. The minimum absolute atomic E-state index is 0.202. The van der Waals surface area contributed by atoms with E-state index in [0.717, 1.165) is 0 Å². The number of ether oxygens (including phenoxy) is 3. The summed E-state index contributed by atoms with van der Waals surface area (Å²) in [6.07, 6.45) is -4.76. The topological polar surface area (TPSA) is 44.8 Å². The largest absolute Gasteiger partial charge is 0.573 e. The number of esters is 1. The maximum absolute atomic E-state index is 12.2. The molecule has 2 aromatic carbocycles. The Morgan fingerprint density at radius 1 is 1.08 bits per heavy atom. The van der Waals surface area contributed by atoms with Crippen molar-refractivity contribution in [2.45, 2.75) is 13.3 Å². The minimum Gasteiger partial charge on any atom is -0.496 e. The van der Waals surface area contributed by atoms with Crippen LogP contribution in [0.5, 0.6) is 11.5 Å². The van der Waals surface area contributed by atoms with Gasteiger partial charge < -0.3 is 14.2 Å². The zero-order valence-electron chi connectivity index (χ0n) is 13.0. The molecule has 0 saturated heterocycles. The number of hydrogen-bond acceptors (Lipinski definition) is 4. The summed E-state index contributed by atoms with van der Waals surface area (Å²) < 4.78 is 50.8. The molecule has 2 aromatic rings. The molecule has 24 heavy (non-hydrogen) atoms. The fourth-order valence-corrected chi connectivity index (χ4v) is 2.20. The standard InChI is InChI=1S/C17H15F3O4/c1-3-23-16(21)13-5-4-6-14(22-2)15(13)11-7-9-12(10-8-11)24-17(18,19)20/h4-10H,3H2,1-2H3. The van der Waals surface area contributed by atoms with Gasteiger partial charge in [0.15, 0.2) is 0 Å². The molecule has 0 spiro atoms. The van der Waals surface area contributed by atoms with E-state index in [2.05, 4.69) is 4.74 Å². The van der Waals surface area contributed by atoms with Gasteiger partial charge in [0, 0.05) is 5.56 Å². The van der Waals surface area contributed by atoms with Crippen molar-refractivity contribution in [3.63, 3.8) is 0 Å². The second-order valence-electron chi connectivity index (χ2n) is 4.68. The zero-order valence-corrected chi connectivity index (χ0v) is 13.0. The van der Waals surface area contributed by atoms with Crippen LogP contribution in [-0.4, -0.2) is 26.0 Å². The molecule has 0 aliphatic carbocycles. The van der Waals surface area contributed by atoms with Crippen LogP contribution in [0.15, 0.2) is 42.5 Å². The van der Waals surface area contributed by atoms with Crippen molar-refractivity contribution in [2.75, 3.05) is 13.7 Å². The van der Waals surface area contributed by atoms with E-state index in [1.54, 1.807) is 25.1 Å². The van der Waals surface area contributed by atoms with Crippen LogP contribution < -0.4 is 9.47 Å². The van der Waals surface area contributed by atoms with E-state index in [-0.39, 0.29) is 17.9 Å². The molecule has 0 N–H and O–H groups in total. The smallest absolute Gasteiger partial charge is 0.496 e. The average molecular weight is 340 g/mol. The van der Waals surface area contributed by atoms with Crippen molar-refractivity contribution in [2.24, 2.45) is 0 Å². The van der Waals surface area contributed by atoms with Gasteiger partial charge in [0.2, 0.25) is 0 Å². The fraction of sp³-hybridized carbons (Fsp3) is 0.235. The third kappa shape index (κ3) is 4.18. The average Bonchev–Trinajstić information content (AvgIpc) is 2.53. The van der Waals surface area contributed by atoms with Crippen molar-refractivity contribution < 1.29 is 32.2 Å². The van der Waals surface area contributed by atoms with Gasteiger partial charge in [-0.25, -0.2) is 4.79 Å². The Morgan fingerprint density at radius 3 is 2.29 bits per heavy atom. The molecule has 2 rings (SSSR count). The third-order valence-electron chi connectivity index (χ3n) is 3.12. The maximum Gasteiger partial charge on any atom is 0.573 e. The van der Waals surface area contributed by atoms with Gasteiger partial charge >= 0.3 is 12.3 Å². The molecule has 7 heteroatoms. The molecule has 0 aliphatic rings. The molecule has 0 aliphatic heterocycles. The summed E-state index contributed by atoms with van der Waals surface area (Å²) in [5.41, 5.74) is 1.21. The van der Waals surface area contributed by atoms with E-state index in [0.29, 0.717) is 16.9 Å². The van der Waals surface area contributed by atoms with Crippen LogP contribution in [0.3, 0.4) is 0 Å². The van der Waals surface area contributed by atoms with Gasteiger partial charge in [-0.3, -0.25) is 0 Å². The van der Waals surface area contributed by atoms with Crippen molar-refractivity contribution in [1.82, 2.24) is 0 Å².